The number of halogens is 5. The van der Waals surface area contributed by atoms with Crippen LogP contribution in [-0.2, 0) is 0 Å². The number of hydrogen-bond acceptors (Lipinski definition) is 4. The number of aromatic nitrogens is 1. The molecule has 1 aliphatic rings. The van der Waals surface area contributed by atoms with Crippen LogP contribution in [0.2, 0.25) is 5.02 Å². The number of rotatable bonds is 4. The second kappa shape index (κ2) is 6.51. The van der Waals surface area contributed by atoms with Crippen molar-refractivity contribution in [1.29, 1.82) is 0 Å². The van der Waals surface area contributed by atoms with E-state index in [1.165, 1.54) is 6.20 Å². The van der Waals surface area contributed by atoms with Crippen LogP contribution in [0.3, 0.4) is 0 Å². The molecular weight excluding hydrogens is 364 g/mol. The number of Topliss-reactive ketones (excluding diaryl/α,β-unsaturated/α-hetero) is 1. The summed E-state index contributed by atoms with van der Waals surface area (Å²) < 4.78 is 55.6. The number of benzene rings is 1. The summed E-state index contributed by atoms with van der Waals surface area (Å²) >= 11 is 5.95. The third-order valence-electron chi connectivity index (χ3n) is 3.70. The van der Waals surface area contributed by atoms with E-state index < -0.39 is 46.6 Å². The van der Waals surface area contributed by atoms with Crippen LogP contribution in [0, 0.1) is 5.82 Å². The fraction of sp³-hybridized carbons (Fsp3) is 0.250. The molecule has 0 aliphatic carbocycles. The predicted octanol–water partition coefficient (Wildman–Crippen LogP) is 4.21. The Morgan fingerprint density at radius 3 is 2.84 bits per heavy atom. The van der Waals surface area contributed by atoms with E-state index in [9.17, 15) is 22.4 Å². The van der Waals surface area contributed by atoms with Crippen molar-refractivity contribution in [3.8, 4) is 5.75 Å². The van der Waals surface area contributed by atoms with Crippen LogP contribution in [0.15, 0.2) is 30.5 Å². The Morgan fingerprint density at radius 1 is 1.36 bits per heavy atom. The number of alkyl halides is 3. The Balaban J connectivity index is 1.93. The lowest BCUT2D eigenvalue weighted by atomic mass is 9.93. The summed E-state index contributed by atoms with van der Waals surface area (Å²) in [5.41, 5.74) is 0.0782. The number of nitrogens with zero attached hydrogens (tertiary/aromatic N) is 1. The smallest absolute Gasteiger partial charge is 0.422 e. The van der Waals surface area contributed by atoms with Gasteiger partial charge >= 0.3 is 6.18 Å². The van der Waals surface area contributed by atoms with Gasteiger partial charge in [0, 0.05) is 18.3 Å². The van der Waals surface area contributed by atoms with E-state index in [2.05, 4.69) is 15.0 Å². The lowest BCUT2D eigenvalue weighted by molar-refractivity contribution is -0.153. The van der Waals surface area contributed by atoms with E-state index in [1.54, 1.807) is 12.1 Å². The van der Waals surface area contributed by atoms with Crippen molar-refractivity contribution in [2.75, 3.05) is 18.5 Å². The molecule has 0 spiro atoms. The average Bonchev–Trinajstić information content (AvgIpc) is 2.97. The molecule has 4 nitrogen and oxygen atoms in total. The number of fused-ring (bicyclic) bond motifs is 1. The van der Waals surface area contributed by atoms with Gasteiger partial charge in [0.1, 0.15) is 17.4 Å². The molecule has 0 radical (unpaired) electrons. The van der Waals surface area contributed by atoms with Gasteiger partial charge in [-0.25, -0.2) is 9.37 Å². The first kappa shape index (κ1) is 17.5. The zero-order valence-electron chi connectivity index (χ0n) is 12.5. The molecule has 2 heterocycles. The average molecular weight is 375 g/mol. The van der Waals surface area contributed by atoms with E-state index in [1.807, 2.05) is 0 Å². The van der Waals surface area contributed by atoms with Gasteiger partial charge in [0.25, 0.3) is 0 Å². The van der Waals surface area contributed by atoms with Crippen molar-refractivity contribution in [2.45, 2.75) is 12.1 Å². The van der Waals surface area contributed by atoms with Crippen molar-refractivity contribution < 1.29 is 27.1 Å². The second-order valence-electron chi connectivity index (χ2n) is 5.38. The molecule has 25 heavy (non-hydrogen) atoms. The molecule has 1 atom stereocenters. The van der Waals surface area contributed by atoms with Gasteiger partial charge in [-0.3, -0.25) is 4.79 Å². The zero-order chi connectivity index (χ0) is 18.2. The Morgan fingerprint density at radius 2 is 2.12 bits per heavy atom. The number of ketones is 1. The van der Waals surface area contributed by atoms with Crippen LogP contribution in [0.25, 0.3) is 0 Å². The highest BCUT2D eigenvalue weighted by Gasteiger charge is 2.34. The highest BCUT2D eigenvalue weighted by Crippen LogP contribution is 2.37. The van der Waals surface area contributed by atoms with E-state index in [0.717, 1.165) is 12.1 Å². The standard InChI is InChI=1S/C16H11ClF4N2O2/c17-13-11(25-7-16(19,20)21)4-3-10(18)12(13)14(24)9-6-23-15-8(9)2-1-5-22-15/h1-5,9H,6-7H2,(H,22,23). The Hall–Kier alpha value is -2.35. The number of carbonyl (C=O) groups is 1. The molecule has 0 bridgehead atoms. The molecule has 1 aromatic carbocycles. The SMILES string of the molecule is O=C(c1c(F)ccc(OCC(F)(F)F)c1Cl)C1CNc2ncccc21. The largest absolute Gasteiger partial charge is 0.483 e. The van der Waals surface area contributed by atoms with Gasteiger partial charge in [0.2, 0.25) is 0 Å². The van der Waals surface area contributed by atoms with Crippen molar-refractivity contribution in [1.82, 2.24) is 4.98 Å². The van der Waals surface area contributed by atoms with Crippen LogP contribution in [-0.4, -0.2) is 30.1 Å². The number of pyridine rings is 1. The van der Waals surface area contributed by atoms with Gasteiger partial charge < -0.3 is 10.1 Å². The molecule has 9 heteroatoms. The van der Waals surface area contributed by atoms with E-state index >= 15 is 0 Å². The summed E-state index contributed by atoms with van der Waals surface area (Å²) in [6, 6.07) is 5.12. The fourth-order valence-corrected chi connectivity index (χ4v) is 2.89. The van der Waals surface area contributed by atoms with Crippen molar-refractivity contribution >= 4 is 23.2 Å². The number of anilines is 1. The molecule has 1 unspecified atom stereocenters. The number of carbonyl (C=O) groups excluding carboxylic acids is 1. The lowest BCUT2D eigenvalue weighted by Gasteiger charge is -2.15. The number of ether oxygens (including phenoxy) is 1. The minimum absolute atomic E-state index is 0.189. The fourth-order valence-electron chi connectivity index (χ4n) is 2.59. The summed E-state index contributed by atoms with van der Waals surface area (Å²) in [5.74, 6) is -2.22. The summed E-state index contributed by atoms with van der Waals surface area (Å²) in [6.45, 7) is -1.40. The number of hydrogen-bond donors (Lipinski definition) is 1. The third-order valence-corrected chi connectivity index (χ3v) is 4.07. The second-order valence-corrected chi connectivity index (χ2v) is 5.76. The molecule has 1 aromatic heterocycles. The monoisotopic (exact) mass is 374 g/mol. The first-order chi connectivity index (χ1) is 11.8. The van der Waals surface area contributed by atoms with Crippen molar-refractivity contribution in [3.63, 3.8) is 0 Å². The topological polar surface area (TPSA) is 51.2 Å². The van der Waals surface area contributed by atoms with Crippen molar-refractivity contribution in [2.24, 2.45) is 0 Å². The Bertz CT molecular complexity index is 826. The quantitative estimate of drug-likeness (QED) is 0.643. The Kier molecular flexibility index (Phi) is 4.55. The minimum Gasteiger partial charge on any atom is -0.483 e. The molecule has 0 amide bonds. The molecular formula is C16H11ClF4N2O2. The maximum atomic E-state index is 14.2. The lowest BCUT2D eigenvalue weighted by Crippen LogP contribution is -2.20. The summed E-state index contributed by atoms with van der Waals surface area (Å²) in [4.78, 5) is 16.8. The first-order valence-electron chi connectivity index (χ1n) is 7.18. The summed E-state index contributed by atoms with van der Waals surface area (Å²) in [7, 11) is 0. The highest BCUT2D eigenvalue weighted by atomic mass is 35.5. The van der Waals surface area contributed by atoms with Crippen LogP contribution in [0.4, 0.5) is 23.4 Å². The van der Waals surface area contributed by atoms with Crippen molar-refractivity contribution in [3.05, 3.63) is 52.4 Å². The summed E-state index contributed by atoms with van der Waals surface area (Å²) in [5, 5.41) is 2.44. The van der Waals surface area contributed by atoms with E-state index in [-0.39, 0.29) is 6.54 Å². The molecule has 0 saturated heterocycles. The van der Waals surface area contributed by atoms with Gasteiger partial charge in [-0.2, -0.15) is 13.2 Å². The maximum Gasteiger partial charge on any atom is 0.422 e. The predicted molar refractivity (Wildman–Crippen MR) is 82.8 cm³/mol. The highest BCUT2D eigenvalue weighted by molar-refractivity contribution is 6.35. The van der Waals surface area contributed by atoms with Crippen LogP contribution < -0.4 is 10.1 Å². The zero-order valence-corrected chi connectivity index (χ0v) is 13.3. The van der Waals surface area contributed by atoms with E-state index in [4.69, 9.17) is 11.6 Å². The molecule has 132 valence electrons. The maximum absolute atomic E-state index is 14.2. The molecule has 1 aliphatic heterocycles. The molecule has 3 rings (SSSR count). The first-order valence-corrected chi connectivity index (χ1v) is 7.56. The van der Waals surface area contributed by atoms with Gasteiger partial charge in [0.15, 0.2) is 12.4 Å². The Labute approximate surface area is 144 Å². The van der Waals surface area contributed by atoms with Crippen LogP contribution in [0.1, 0.15) is 21.8 Å². The van der Waals surface area contributed by atoms with Gasteiger partial charge in [-0.1, -0.05) is 17.7 Å². The van der Waals surface area contributed by atoms with E-state index in [0.29, 0.717) is 11.4 Å². The molecule has 0 saturated carbocycles. The summed E-state index contributed by atoms with van der Waals surface area (Å²) in [6.07, 6.45) is -3.04. The van der Waals surface area contributed by atoms with Crippen LogP contribution >= 0.6 is 11.6 Å². The molecule has 1 N–H and O–H groups in total. The third kappa shape index (κ3) is 3.53. The molecule has 0 fully saturated rings. The van der Waals surface area contributed by atoms with Gasteiger partial charge in [-0.15, -0.1) is 0 Å². The normalized spacial score (nSPS) is 16.3. The van der Waals surface area contributed by atoms with Gasteiger partial charge in [-0.05, 0) is 18.2 Å². The van der Waals surface area contributed by atoms with Crippen LogP contribution in [0.5, 0.6) is 5.75 Å². The number of nitrogens with one attached hydrogen (secondary N) is 1. The molecule has 2 aromatic rings. The van der Waals surface area contributed by atoms with Gasteiger partial charge in [0.05, 0.1) is 16.5 Å². The minimum atomic E-state index is -4.58.